The van der Waals surface area contributed by atoms with E-state index in [1.807, 2.05) is 0 Å². The van der Waals surface area contributed by atoms with Crippen molar-refractivity contribution in [1.29, 1.82) is 0 Å². The normalized spacial score (nSPS) is 16.7. The molecule has 1 aromatic heterocycles. The number of halogens is 1. The molecule has 13 nitrogen and oxygen atoms in total. The number of sulfone groups is 1. The first-order chi connectivity index (χ1) is 22.3. The van der Waals surface area contributed by atoms with Crippen LogP contribution in [0.3, 0.4) is 0 Å². The average molecular weight is 707 g/mol. The zero-order chi connectivity index (χ0) is 33.8. The number of anilines is 6. The van der Waals surface area contributed by atoms with Crippen LogP contribution >= 0.6 is 11.6 Å². The van der Waals surface area contributed by atoms with Crippen LogP contribution in [-0.4, -0.2) is 96.1 Å². The van der Waals surface area contributed by atoms with Gasteiger partial charge in [-0.15, -0.1) is 0 Å². The van der Waals surface area contributed by atoms with E-state index in [1.165, 1.54) is 32.2 Å². The molecule has 0 atom stereocenters. The van der Waals surface area contributed by atoms with Crippen molar-refractivity contribution in [3.63, 3.8) is 0 Å². The summed E-state index contributed by atoms with van der Waals surface area (Å²) in [7, 11) is -5.68. The van der Waals surface area contributed by atoms with Gasteiger partial charge in [0.1, 0.15) is 10.8 Å². The molecule has 16 heteroatoms. The molecule has 3 aromatic rings. The van der Waals surface area contributed by atoms with E-state index < -0.39 is 25.1 Å². The summed E-state index contributed by atoms with van der Waals surface area (Å²) < 4.78 is 59.3. The third kappa shape index (κ3) is 8.76. The molecule has 5 rings (SSSR count). The van der Waals surface area contributed by atoms with Crippen molar-refractivity contribution in [2.75, 3.05) is 79.4 Å². The van der Waals surface area contributed by atoms with E-state index >= 15 is 0 Å². The van der Waals surface area contributed by atoms with E-state index in [9.17, 15) is 16.8 Å². The summed E-state index contributed by atoms with van der Waals surface area (Å²) >= 11 is 6.43. The fourth-order valence-corrected chi connectivity index (χ4v) is 7.72. The van der Waals surface area contributed by atoms with Crippen LogP contribution in [0.25, 0.3) is 0 Å². The highest BCUT2D eigenvalue weighted by Gasteiger charge is 2.26. The predicted octanol–water partition coefficient (Wildman–Crippen LogP) is 4.30. The second kappa shape index (κ2) is 14.8. The molecule has 0 amide bonds. The Kier molecular flexibility index (Phi) is 11.0. The molecule has 256 valence electrons. The molecule has 0 radical (unpaired) electrons. The van der Waals surface area contributed by atoms with Gasteiger partial charge in [0.25, 0.3) is 0 Å². The molecule has 0 unspecified atom stereocenters. The molecule has 0 bridgehead atoms. The van der Waals surface area contributed by atoms with Crippen LogP contribution in [0, 0.1) is 5.92 Å². The number of ether oxygens (including phenoxy) is 1. The van der Waals surface area contributed by atoms with Gasteiger partial charge in [-0.1, -0.05) is 23.7 Å². The molecular weight excluding hydrogens is 664 g/mol. The highest BCUT2D eigenvalue weighted by Crippen LogP contribution is 2.39. The predicted molar refractivity (Wildman–Crippen MR) is 188 cm³/mol. The maximum Gasteiger partial charge on any atom is 0.229 e. The highest BCUT2D eigenvalue weighted by atomic mass is 35.5. The Bertz CT molecular complexity index is 1780. The summed E-state index contributed by atoms with van der Waals surface area (Å²) in [5.41, 5.74) is 1.84. The lowest BCUT2D eigenvalue weighted by atomic mass is 9.97. The molecule has 0 aliphatic carbocycles. The van der Waals surface area contributed by atoms with Gasteiger partial charge in [-0.3, -0.25) is 9.62 Å². The van der Waals surface area contributed by atoms with Gasteiger partial charge in [-0.05, 0) is 63.9 Å². The van der Waals surface area contributed by atoms with Gasteiger partial charge in [0.15, 0.2) is 15.7 Å². The van der Waals surface area contributed by atoms with Crippen molar-refractivity contribution >= 4 is 66.0 Å². The Labute approximate surface area is 282 Å². The van der Waals surface area contributed by atoms with E-state index in [2.05, 4.69) is 40.4 Å². The van der Waals surface area contributed by atoms with Gasteiger partial charge in [0.2, 0.25) is 16.0 Å². The van der Waals surface area contributed by atoms with Gasteiger partial charge in [0.05, 0.1) is 52.5 Å². The summed E-state index contributed by atoms with van der Waals surface area (Å²) in [4.78, 5) is 13.6. The summed E-state index contributed by atoms with van der Waals surface area (Å²) in [5, 5.41) is 9.13. The highest BCUT2D eigenvalue weighted by molar-refractivity contribution is 7.92. The second-order valence-electron chi connectivity index (χ2n) is 12.2. The minimum Gasteiger partial charge on any atom is -0.494 e. The lowest BCUT2D eigenvalue weighted by Crippen LogP contribution is -2.48. The fourth-order valence-electron chi connectivity index (χ4n) is 5.81. The van der Waals surface area contributed by atoms with Crippen molar-refractivity contribution in [1.82, 2.24) is 20.2 Å². The smallest absolute Gasteiger partial charge is 0.229 e. The van der Waals surface area contributed by atoms with Gasteiger partial charge < -0.3 is 25.6 Å². The topological polar surface area (TPSA) is 158 Å². The van der Waals surface area contributed by atoms with Crippen molar-refractivity contribution in [3.05, 3.63) is 47.6 Å². The van der Waals surface area contributed by atoms with Gasteiger partial charge in [-0.2, -0.15) is 4.98 Å². The molecule has 0 spiro atoms. The number of para-hydroxylation sites is 1. The standard InChI is InChI=1S/C31H43ClN8O5S2/c1-21(2)47(43,44)29-8-6-5-7-24(29)35-30-23(32)19-34-31(37-30)36-26-17-25(38-46(4,41)42)27(18-28(26)45-3)40-15-13-39(14-16-40)20-22-9-11-33-12-10-22/h5-8,17-19,21-22,33,38H,9-16,20H2,1-4H3,(H2,34,35,36,37). The molecule has 2 aliphatic rings. The first kappa shape index (κ1) is 35.0. The fraction of sp³-hybridized carbons (Fsp3) is 0.484. The maximum absolute atomic E-state index is 13.0. The molecule has 2 aliphatic heterocycles. The zero-order valence-corrected chi connectivity index (χ0v) is 29.5. The number of nitrogens with one attached hydrogen (secondary N) is 4. The number of hydrogen-bond donors (Lipinski definition) is 4. The molecule has 2 saturated heterocycles. The monoisotopic (exact) mass is 706 g/mol. The first-order valence-corrected chi connectivity index (χ1v) is 19.4. The molecule has 3 heterocycles. The van der Waals surface area contributed by atoms with Crippen molar-refractivity contribution < 1.29 is 21.6 Å². The Morgan fingerprint density at radius 1 is 1.00 bits per heavy atom. The number of hydrogen-bond acceptors (Lipinski definition) is 12. The number of nitrogens with zero attached hydrogens (tertiary/aromatic N) is 4. The second-order valence-corrected chi connectivity index (χ2v) is 16.8. The molecular formula is C31H43ClN8O5S2. The van der Waals surface area contributed by atoms with E-state index in [-0.39, 0.29) is 21.7 Å². The SMILES string of the molecule is COc1cc(N2CCN(CC3CCNCC3)CC2)c(NS(C)(=O)=O)cc1Nc1ncc(Cl)c(Nc2ccccc2S(=O)(=O)C(C)C)n1. The number of piperidine rings is 1. The van der Waals surface area contributed by atoms with Crippen LogP contribution in [0.1, 0.15) is 26.7 Å². The van der Waals surface area contributed by atoms with Crippen LogP contribution in [-0.2, 0) is 19.9 Å². The minimum atomic E-state index is -3.62. The number of rotatable bonds is 12. The van der Waals surface area contributed by atoms with Gasteiger partial charge >= 0.3 is 0 Å². The molecule has 2 aromatic carbocycles. The third-order valence-electron chi connectivity index (χ3n) is 8.36. The van der Waals surface area contributed by atoms with E-state index in [1.54, 1.807) is 44.2 Å². The van der Waals surface area contributed by atoms with Crippen LogP contribution < -0.4 is 30.3 Å². The van der Waals surface area contributed by atoms with Crippen molar-refractivity contribution in [2.24, 2.45) is 5.92 Å². The summed E-state index contributed by atoms with van der Waals surface area (Å²) in [6.45, 7) is 9.68. The first-order valence-electron chi connectivity index (χ1n) is 15.6. The minimum absolute atomic E-state index is 0.125. The average Bonchev–Trinajstić information content (AvgIpc) is 3.03. The van der Waals surface area contributed by atoms with Crippen molar-refractivity contribution in [3.8, 4) is 5.75 Å². The zero-order valence-electron chi connectivity index (χ0n) is 27.1. The summed E-state index contributed by atoms with van der Waals surface area (Å²) in [6.07, 6.45) is 4.88. The van der Waals surface area contributed by atoms with Crippen molar-refractivity contribution in [2.45, 2.75) is 36.8 Å². The number of aromatic nitrogens is 2. The lowest BCUT2D eigenvalue weighted by Gasteiger charge is -2.39. The van der Waals surface area contributed by atoms with E-state index in [0.717, 1.165) is 52.1 Å². The Balaban J connectivity index is 1.39. The third-order valence-corrected chi connectivity index (χ3v) is 11.4. The van der Waals surface area contributed by atoms with E-state index in [0.29, 0.717) is 34.4 Å². The Hall–Kier alpha value is -3.37. The summed E-state index contributed by atoms with van der Waals surface area (Å²) in [5.74, 6) is 1.47. The number of piperazine rings is 1. The van der Waals surface area contributed by atoms with Gasteiger partial charge in [0, 0.05) is 38.8 Å². The van der Waals surface area contributed by atoms with Crippen LogP contribution in [0.4, 0.5) is 34.5 Å². The van der Waals surface area contributed by atoms with Crippen LogP contribution in [0.2, 0.25) is 5.02 Å². The lowest BCUT2D eigenvalue weighted by molar-refractivity contribution is 0.196. The summed E-state index contributed by atoms with van der Waals surface area (Å²) in [6, 6.07) is 10.0. The number of sulfonamides is 1. The maximum atomic E-state index is 13.0. The number of methoxy groups -OCH3 is 1. The Morgan fingerprint density at radius 3 is 2.36 bits per heavy atom. The van der Waals surface area contributed by atoms with Gasteiger partial charge in [-0.25, -0.2) is 21.8 Å². The van der Waals surface area contributed by atoms with E-state index in [4.69, 9.17) is 16.3 Å². The molecule has 4 N–H and O–H groups in total. The molecule has 47 heavy (non-hydrogen) atoms. The van der Waals surface area contributed by atoms with Crippen LogP contribution in [0.15, 0.2) is 47.5 Å². The molecule has 0 saturated carbocycles. The quantitative estimate of drug-likeness (QED) is 0.212. The Morgan fingerprint density at radius 2 is 1.70 bits per heavy atom. The molecule has 2 fully saturated rings. The van der Waals surface area contributed by atoms with Crippen LogP contribution in [0.5, 0.6) is 5.75 Å². The largest absolute Gasteiger partial charge is 0.494 e. The number of benzene rings is 2.